The molecule has 0 N–H and O–H groups in total. The van der Waals surface area contributed by atoms with E-state index in [2.05, 4.69) is 152 Å². The zero-order valence-electron chi connectivity index (χ0n) is 20.2. The summed E-state index contributed by atoms with van der Waals surface area (Å²) in [5, 5.41) is 0. The maximum Gasteiger partial charge on any atom is 0.0502 e. The standard InChI is InChI=1S/C34H29N/c1-34(2)29-17-9-11-19-31(29)35(32-20-12-10-18-30(32)34)28-23-21-27(22-24-28)33(25-13-5-3-6-14-25)26-15-7-4-8-16-26/h3-24,33H,1-2H3. The molecule has 1 aliphatic heterocycles. The highest BCUT2D eigenvalue weighted by molar-refractivity contribution is 5.85. The second kappa shape index (κ2) is 8.60. The summed E-state index contributed by atoms with van der Waals surface area (Å²) in [6.45, 7) is 4.66. The summed E-state index contributed by atoms with van der Waals surface area (Å²) < 4.78 is 0. The highest BCUT2D eigenvalue weighted by Crippen LogP contribution is 2.51. The molecule has 170 valence electrons. The van der Waals surface area contributed by atoms with Crippen molar-refractivity contribution in [1.82, 2.24) is 0 Å². The molecule has 0 amide bonds. The van der Waals surface area contributed by atoms with Gasteiger partial charge in [-0.2, -0.15) is 0 Å². The molecule has 6 rings (SSSR count). The molecule has 1 nitrogen and oxygen atoms in total. The third kappa shape index (κ3) is 3.65. The van der Waals surface area contributed by atoms with E-state index in [0.717, 1.165) is 0 Å². The number of rotatable bonds is 4. The van der Waals surface area contributed by atoms with Crippen LogP contribution in [0.1, 0.15) is 47.6 Å². The largest absolute Gasteiger partial charge is 0.310 e. The van der Waals surface area contributed by atoms with Crippen molar-refractivity contribution in [1.29, 1.82) is 0 Å². The third-order valence-electron chi connectivity index (χ3n) is 7.39. The summed E-state index contributed by atoms with van der Waals surface area (Å²) in [6, 6.07) is 48.4. The number of hydrogen-bond acceptors (Lipinski definition) is 1. The molecule has 0 atom stereocenters. The molecular formula is C34H29N. The number of fused-ring (bicyclic) bond motifs is 2. The Morgan fingerprint density at radius 3 is 1.34 bits per heavy atom. The number of nitrogens with zero attached hydrogens (tertiary/aromatic N) is 1. The number of anilines is 3. The van der Waals surface area contributed by atoms with Crippen LogP contribution in [-0.4, -0.2) is 0 Å². The Hall–Kier alpha value is -4.10. The normalized spacial score (nSPS) is 13.9. The van der Waals surface area contributed by atoms with Gasteiger partial charge in [0.05, 0.1) is 11.4 Å². The Labute approximate surface area is 208 Å². The van der Waals surface area contributed by atoms with E-state index in [1.54, 1.807) is 0 Å². The van der Waals surface area contributed by atoms with E-state index in [1.165, 1.54) is 44.9 Å². The van der Waals surface area contributed by atoms with Crippen LogP contribution in [0.15, 0.2) is 133 Å². The van der Waals surface area contributed by atoms with Crippen molar-refractivity contribution < 1.29 is 0 Å². The van der Waals surface area contributed by atoms with Crippen LogP contribution in [0.2, 0.25) is 0 Å². The molecule has 1 aliphatic rings. The molecule has 0 aromatic heterocycles. The maximum atomic E-state index is 2.42. The average Bonchev–Trinajstić information content (AvgIpc) is 2.91. The van der Waals surface area contributed by atoms with Gasteiger partial charge in [0.25, 0.3) is 0 Å². The summed E-state index contributed by atoms with van der Waals surface area (Å²) in [6.07, 6.45) is 0. The topological polar surface area (TPSA) is 3.24 Å². The SMILES string of the molecule is CC1(C)c2ccccc2N(c2ccc(C(c3ccccc3)c3ccccc3)cc2)c2ccccc21. The van der Waals surface area contributed by atoms with Gasteiger partial charge >= 0.3 is 0 Å². The molecule has 5 aromatic rings. The highest BCUT2D eigenvalue weighted by Gasteiger charge is 2.36. The lowest BCUT2D eigenvalue weighted by Gasteiger charge is -2.42. The van der Waals surface area contributed by atoms with Crippen LogP contribution in [0.25, 0.3) is 0 Å². The molecule has 0 saturated heterocycles. The van der Waals surface area contributed by atoms with Crippen LogP contribution in [0.3, 0.4) is 0 Å². The number of para-hydroxylation sites is 2. The lowest BCUT2D eigenvalue weighted by Crippen LogP contribution is -2.30. The first-order valence-corrected chi connectivity index (χ1v) is 12.3. The molecule has 5 aromatic carbocycles. The lowest BCUT2D eigenvalue weighted by molar-refractivity contribution is 0.632. The van der Waals surface area contributed by atoms with Crippen molar-refractivity contribution in [2.24, 2.45) is 0 Å². The summed E-state index contributed by atoms with van der Waals surface area (Å²) in [7, 11) is 0. The van der Waals surface area contributed by atoms with Crippen LogP contribution in [0, 0.1) is 0 Å². The van der Waals surface area contributed by atoms with Gasteiger partial charge in [-0.1, -0.05) is 123 Å². The van der Waals surface area contributed by atoms with Crippen LogP contribution < -0.4 is 4.90 Å². The van der Waals surface area contributed by atoms with Gasteiger partial charge in [0.1, 0.15) is 0 Å². The first kappa shape index (κ1) is 21.4. The fraction of sp³-hybridized carbons (Fsp3) is 0.118. The molecule has 1 heteroatoms. The van der Waals surface area contributed by atoms with Gasteiger partial charge in [0.15, 0.2) is 0 Å². The van der Waals surface area contributed by atoms with E-state index in [1.807, 2.05) is 0 Å². The van der Waals surface area contributed by atoms with Crippen molar-refractivity contribution in [3.8, 4) is 0 Å². The Kier molecular flexibility index (Phi) is 5.26. The molecule has 0 bridgehead atoms. The van der Waals surface area contributed by atoms with Crippen LogP contribution in [-0.2, 0) is 5.41 Å². The van der Waals surface area contributed by atoms with E-state index in [-0.39, 0.29) is 11.3 Å². The fourth-order valence-electron chi connectivity index (χ4n) is 5.63. The van der Waals surface area contributed by atoms with E-state index in [4.69, 9.17) is 0 Å². The molecule has 0 unspecified atom stereocenters. The Morgan fingerprint density at radius 1 is 0.457 bits per heavy atom. The van der Waals surface area contributed by atoms with Gasteiger partial charge in [-0.25, -0.2) is 0 Å². The monoisotopic (exact) mass is 451 g/mol. The highest BCUT2D eigenvalue weighted by atomic mass is 15.2. The van der Waals surface area contributed by atoms with Crippen molar-refractivity contribution in [2.75, 3.05) is 4.90 Å². The minimum atomic E-state index is -0.0463. The third-order valence-corrected chi connectivity index (χ3v) is 7.39. The van der Waals surface area contributed by atoms with Crippen LogP contribution >= 0.6 is 0 Å². The predicted octanol–water partition coefficient (Wildman–Crippen LogP) is 8.98. The Bertz CT molecular complexity index is 1360. The molecule has 0 radical (unpaired) electrons. The second-order valence-corrected chi connectivity index (χ2v) is 9.84. The molecule has 0 aliphatic carbocycles. The van der Waals surface area contributed by atoms with Crippen LogP contribution in [0.4, 0.5) is 17.1 Å². The second-order valence-electron chi connectivity index (χ2n) is 9.84. The Balaban J connectivity index is 1.47. The Morgan fingerprint density at radius 2 is 0.857 bits per heavy atom. The molecule has 35 heavy (non-hydrogen) atoms. The van der Waals surface area contributed by atoms with Gasteiger partial charge in [-0.3, -0.25) is 0 Å². The zero-order valence-corrected chi connectivity index (χ0v) is 20.2. The van der Waals surface area contributed by atoms with Crippen molar-refractivity contribution in [3.05, 3.63) is 161 Å². The molecule has 0 saturated carbocycles. The van der Waals surface area contributed by atoms with E-state index < -0.39 is 0 Å². The zero-order chi connectivity index (χ0) is 23.8. The maximum absolute atomic E-state index is 2.42. The molecule has 0 spiro atoms. The summed E-state index contributed by atoms with van der Waals surface area (Å²) in [5.41, 5.74) is 10.3. The van der Waals surface area contributed by atoms with E-state index in [0.29, 0.717) is 0 Å². The fourth-order valence-corrected chi connectivity index (χ4v) is 5.63. The minimum Gasteiger partial charge on any atom is -0.310 e. The molecular weight excluding hydrogens is 422 g/mol. The van der Waals surface area contributed by atoms with Gasteiger partial charge in [-0.05, 0) is 52.1 Å². The van der Waals surface area contributed by atoms with E-state index in [9.17, 15) is 0 Å². The van der Waals surface area contributed by atoms with Crippen molar-refractivity contribution in [2.45, 2.75) is 25.2 Å². The molecule has 1 heterocycles. The summed E-state index contributed by atoms with van der Waals surface area (Å²) >= 11 is 0. The van der Waals surface area contributed by atoms with Gasteiger partial charge in [0, 0.05) is 17.0 Å². The van der Waals surface area contributed by atoms with Gasteiger partial charge in [0.2, 0.25) is 0 Å². The molecule has 0 fully saturated rings. The number of hydrogen-bond donors (Lipinski definition) is 0. The predicted molar refractivity (Wildman–Crippen MR) is 147 cm³/mol. The smallest absolute Gasteiger partial charge is 0.0502 e. The average molecular weight is 452 g/mol. The summed E-state index contributed by atoms with van der Waals surface area (Å²) in [4.78, 5) is 2.42. The van der Waals surface area contributed by atoms with Crippen molar-refractivity contribution in [3.63, 3.8) is 0 Å². The van der Waals surface area contributed by atoms with Crippen LogP contribution in [0.5, 0.6) is 0 Å². The quantitative estimate of drug-likeness (QED) is 0.246. The van der Waals surface area contributed by atoms with Gasteiger partial charge in [-0.15, -0.1) is 0 Å². The summed E-state index contributed by atoms with van der Waals surface area (Å²) in [5.74, 6) is 0.200. The lowest BCUT2D eigenvalue weighted by atomic mass is 9.73. The first-order chi connectivity index (χ1) is 17.1. The minimum absolute atomic E-state index is 0.0463. The van der Waals surface area contributed by atoms with Crippen molar-refractivity contribution >= 4 is 17.1 Å². The number of benzene rings is 5. The van der Waals surface area contributed by atoms with E-state index >= 15 is 0 Å². The van der Waals surface area contributed by atoms with Gasteiger partial charge < -0.3 is 4.90 Å². The first-order valence-electron chi connectivity index (χ1n) is 12.3.